The molecule has 3 heteroatoms. The number of hydrogen-bond donors (Lipinski definition) is 1. The Morgan fingerprint density at radius 1 is 1.17 bits per heavy atom. The first-order valence-corrected chi connectivity index (χ1v) is 5.28. The fraction of sp³-hybridized carbons (Fsp3) is 1.00. The smallest absolute Gasteiger partial charge is 0.133 e. The molecule has 0 amide bonds. The van der Waals surface area contributed by atoms with Crippen LogP contribution in [0.25, 0.3) is 0 Å². The number of rotatable bonds is 1. The number of alkyl halides is 1. The first-order valence-electron chi connectivity index (χ1n) is 4.84. The lowest BCUT2D eigenvalue weighted by molar-refractivity contribution is 0.300. The van der Waals surface area contributed by atoms with Crippen molar-refractivity contribution in [2.75, 3.05) is 0 Å². The van der Waals surface area contributed by atoms with Crippen LogP contribution in [-0.4, -0.2) is 17.7 Å². The predicted molar refractivity (Wildman–Crippen MR) is 49.1 cm³/mol. The van der Waals surface area contributed by atoms with E-state index in [1.807, 2.05) is 0 Å². The monoisotopic (exact) mass is 189 g/mol. The van der Waals surface area contributed by atoms with E-state index in [-0.39, 0.29) is 12.3 Å². The van der Waals surface area contributed by atoms with Gasteiger partial charge in [-0.1, -0.05) is 19.3 Å². The zero-order chi connectivity index (χ0) is 8.55. The lowest BCUT2D eigenvalue weighted by Gasteiger charge is -2.16. The number of nitrogens with two attached hydrogens (primary N) is 1. The molecule has 2 fully saturated rings. The van der Waals surface area contributed by atoms with Crippen molar-refractivity contribution in [1.29, 1.82) is 0 Å². The molecule has 70 valence electrons. The summed E-state index contributed by atoms with van der Waals surface area (Å²) in [7, 11) is 0. The Balaban J connectivity index is 1.92. The summed E-state index contributed by atoms with van der Waals surface area (Å²) in [6, 6.07) is 0. The minimum absolute atomic E-state index is 0.0191. The molecule has 0 aromatic heterocycles. The molecule has 4 atom stereocenters. The van der Waals surface area contributed by atoms with E-state index in [1.54, 1.807) is 0 Å². The molecule has 0 bridgehead atoms. The van der Waals surface area contributed by atoms with Crippen molar-refractivity contribution in [2.45, 2.75) is 49.8 Å². The summed E-state index contributed by atoms with van der Waals surface area (Å²) in [6.45, 7) is 0. The second-order valence-electron chi connectivity index (χ2n) is 3.88. The summed E-state index contributed by atoms with van der Waals surface area (Å²) in [6.07, 6.45) is 6.47. The third-order valence-electron chi connectivity index (χ3n) is 2.97. The van der Waals surface area contributed by atoms with Crippen LogP contribution in [0.4, 0.5) is 0 Å². The van der Waals surface area contributed by atoms with Gasteiger partial charge in [0.05, 0.1) is 0 Å². The van der Waals surface area contributed by atoms with Crippen LogP contribution in [0.3, 0.4) is 0 Å². The van der Waals surface area contributed by atoms with Gasteiger partial charge in [0.2, 0.25) is 0 Å². The van der Waals surface area contributed by atoms with Crippen molar-refractivity contribution in [3.8, 4) is 0 Å². The van der Waals surface area contributed by atoms with Crippen molar-refractivity contribution >= 4 is 11.6 Å². The van der Waals surface area contributed by atoms with Crippen LogP contribution in [-0.2, 0) is 4.74 Å². The lowest BCUT2D eigenvalue weighted by atomic mass is 9.96. The molecule has 1 saturated carbocycles. The number of epoxide rings is 1. The molecule has 2 N–H and O–H groups in total. The Morgan fingerprint density at radius 2 is 1.83 bits per heavy atom. The minimum atomic E-state index is -0.0191. The van der Waals surface area contributed by atoms with E-state index in [1.165, 1.54) is 25.7 Å². The Bertz CT molecular complexity index is 165. The van der Waals surface area contributed by atoms with Gasteiger partial charge in [-0.3, -0.25) is 0 Å². The van der Waals surface area contributed by atoms with Crippen LogP contribution in [0.5, 0.6) is 0 Å². The molecule has 0 radical (unpaired) electrons. The first kappa shape index (κ1) is 8.79. The Morgan fingerprint density at radius 3 is 2.50 bits per heavy atom. The van der Waals surface area contributed by atoms with E-state index in [0.717, 1.165) is 6.42 Å². The van der Waals surface area contributed by atoms with Crippen LogP contribution >= 0.6 is 11.6 Å². The van der Waals surface area contributed by atoms with E-state index in [0.29, 0.717) is 11.3 Å². The van der Waals surface area contributed by atoms with Crippen molar-refractivity contribution < 1.29 is 4.74 Å². The molecule has 1 aliphatic carbocycles. The van der Waals surface area contributed by atoms with Gasteiger partial charge >= 0.3 is 0 Å². The summed E-state index contributed by atoms with van der Waals surface area (Å²) < 4.78 is 5.28. The highest BCUT2D eigenvalue weighted by Crippen LogP contribution is 2.37. The molecule has 0 aromatic rings. The quantitative estimate of drug-likeness (QED) is 0.389. The van der Waals surface area contributed by atoms with Crippen LogP contribution in [0, 0.1) is 5.92 Å². The second kappa shape index (κ2) is 3.52. The highest BCUT2D eigenvalue weighted by molar-refractivity contribution is 6.20. The van der Waals surface area contributed by atoms with Gasteiger partial charge in [-0.15, -0.1) is 11.6 Å². The van der Waals surface area contributed by atoms with E-state index in [4.69, 9.17) is 22.1 Å². The van der Waals surface area contributed by atoms with Crippen molar-refractivity contribution in [1.82, 2.24) is 0 Å². The molecule has 2 rings (SSSR count). The molecule has 2 aliphatic rings. The summed E-state index contributed by atoms with van der Waals surface area (Å²) in [5.41, 5.74) is 5.63. The van der Waals surface area contributed by atoms with Crippen LogP contribution in [0.15, 0.2) is 0 Å². The summed E-state index contributed by atoms with van der Waals surface area (Å²) in [5, 5.41) is 0.297. The topological polar surface area (TPSA) is 38.5 Å². The zero-order valence-electron chi connectivity index (χ0n) is 7.21. The molecule has 2 nitrogen and oxygen atoms in total. The number of halogens is 1. The standard InChI is InChI=1S/C9H16ClNO/c10-7-5-3-1-2-4-6(7)8-9(11)12-8/h6-9H,1-5,11H2. The molecule has 12 heavy (non-hydrogen) atoms. The Labute approximate surface area is 78.4 Å². The molecule has 4 unspecified atom stereocenters. The van der Waals surface area contributed by atoms with Gasteiger partial charge in [0.1, 0.15) is 12.3 Å². The van der Waals surface area contributed by atoms with Crippen LogP contribution in [0.1, 0.15) is 32.1 Å². The van der Waals surface area contributed by atoms with Gasteiger partial charge < -0.3 is 10.5 Å². The maximum Gasteiger partial charge on any atom is 0.133 e. The molecule has 1 aliphatic heterocycles. The van der Waals surface area contributed by atoms with Gasteiger partial charge in [0.25, 0.3) is 0 Å². The Hall–Kier alpha value is 0.210. The van der Waals surface area contributed by atoms with Gasteiger partial charge in [0, 0.05) is 11.3 Å². The summed E-state index contributed by atoms with van der Waals surface area (Å²) in [5.74, 6) is 0.518. The third-order valence-corrected chi connectivity index (χ3v) is 3.51. The molecular formula is C9H16ClNO. The van der Waals surface area contributed by atoms with Gasteiger partial charge in [-0.05, 0) is 12.8 Å². The maximum absolute atomic E-state index is 6.25. The van der Waals surface area contributed by atoms with E-state index in [9.17, 15) is 0 Å². The van der Waals surface area contributed by atoms with Crippen molar-refractivity contribution in [2.24, 2.45) is 11.7 Å². The van der Waals surface area contributed by atoms with E-state index in [2.05, 4.69) is 0 Å². The highest BCUT2D eigenvalue weighted by Gasteiger charge is 2.44. The predicted octanol–water partition coefficient (Wildman–Crippen LogP) is 1.86. The zero-order valence-corrected chi connectivity index (χ0v) is 7.96. The maximum atomic E-state index is 6.25. The Kier molecular flexibility index (Phi) is 2.58. The van der Waals surface area contributed by atoms with Crippen LogP contribution < -0.4 is 5.73 Å². The number of ether oxygens (including phenoxy) is 1. The average molecular weight is 190 g/mol. The third kappa shape index (κ3) is 1.76. The minimum Gasteiger partial charge on any atom is -0.353 e. The van der Waals surface area contributed by atoms with Crippen molar-refractivity contribution in [3.05, 3.63) is 0 Å². The van der Waals surface area contributed by atoms with Crippen molar-refractivity contribution in [3.63, 3.8) is 0 Å². The SMILES string of the molecule is NC1OC1C1CCCCCC1Cl. The summed E-state index contributed by atoms with van der Waals surface area (Å²) in [4.78, 5) is 0. The van der Waals surface area contributed by atoms with E-state index >= 15 is 0 Å². The van der Waals surface area contributed by atoms with Gasteiger partial charge in [-0.25, -0.2) is 0 Å². The van der Waals surface area contributed by atoms with Gasteiger partial charge in [0.15, 0.2) is 0 Å². The van der Waals surface area contributed by atoms with Crippen LogP contribution in [0.2, 0.25) is 0 Å². The molecule has 1 saturated heterocycles. The molecule has 0 aromatic carbocycles. The summed E-state index contributed by atoms with van der Waals surface area (Å²) >= 11 is 6.25. The van der Waals surface area contributed by atoms with Gasteiger partial charge in [-0.2, -0.15) is 0 Å². The first-order chi connectivity index (χ1) is 5.79. The molecular weight excluding hydrogens is 174 g/mol. The second-order valence-corrected chi connectivity index (χ2v) is 4.44. The number of hydrogen-bond acceptors (Lipinski definition) is 2. The normalized spacial score (nSPS) is 48.5. The largest absolute Gasteiger partial charge is 0.353 e. The fourth-order valence-corrected chi connectivity index (χ4v) is 2.57. The fourth-order valence-electron chi connectivity index (χ4n) is 2.14. The molecule has 0 spiro atoms. The lowest BCUT2D eigenvalue weighted by Crippen LogP contribution is -2.23. The van der Waals surface area contributed by atoms with E-state index < -0.39 is 0 Å². The highest BCUT2D eigenvalue weighted by atomic mass is 35.5. The average Bonchev–Trinajstić information content (AvgIpc) is 2.75. The molecule has 1 heterocycles.